The first-order valence-corrected chi connectivity index (χ1v) is 8.13. The number of hydrogen-bond donors (Lipinski definition) is 1. The van der Waals surface area contributed by atoms with Crippen molar-refractivity contribution < 1.29 is 4.21 Å². The second-order valence-corrected chi connectivity index (χ2v) is 7.48. The monoisotopic (exact) mass is 243 g/mol. The van der Waals surface area contributed by atoms with Gasteiger partial charge in [0.2, 0.25) is 0 Å². The van der Waals surface area contributed by atoms with Crippen molar-refractivity contribution in [1.82, 2.24) is 5.32 Å². The smallest absolute Gasteiger partial charge is 0.0504 e. The van der Waals surface area contributed by atoms with Crippen LogP contribution in [0.5, 0.6) is 0 Å². The Kier molecular flexibility index (Phi) is 4.06. The fourth-order valence-corrected chi connectivity index (χ4v) is 5.17. The highest BCUT2D eigenvalue weighted by molar-refractivity contribution is 7.85. The summed E-state index contributed by atoms with van der Waals surface area (Å²) >= 11 is 0. The molecule has 5 unspecified atom stereocenters. The molecule has 2 nitrogen and oxygen atoms in total. The van der Waals surface area contributed by atoms with Crippen molar-refractivity contribution in [1.29, 1.82) is 0 Å². The van der Waals surface area contributed by atoms with E-state index in [1.807, 2.05) is 0 Å². The molecule has 2 aliphatic rings. The zero-order valence-electron chi connectivity index (χ0n) is 10.7. The molecular formula is C13H25NOS. The Morgan fingerprint density at radius 3 is 2.75 bits per heavy atom. The summed E-state index contributed by atoms with van der Waals surface area (Å²) in [7, 11) is -0.586. The van der Waals surface area contributed by atoms with Crippen LogP contribution in [0.3, 0.4) is 0 Å². The first kappa shape index (κ1) is 12.6. The molecule has 1 N–H and O–H groups in total. The quantitative estimate of drug-likeness (QED) is 0.806. The van der Waals surface area contributed by atoms with E-state index in [9.17, 15) is 4.21 Å². The van der Waals surface area contributed by atoms with Crippen molar-refractivity contribution in [2.45, 2.75) is 63.8 Å². The van der Waals surface area contributed by atoms with Crippen LogP contribution < -0.4 is 5.32 Å². The van der Waals surface area contributed by atoms with E-state index in [4.69, 9.17) is 0 Å². The molecule has 3 heteroatoms. The van der Waals surface area contributed by atoms with Crippen LogP contribution in [0, 0.1) is 11.8 Å². The van der Waals surface area contributed by atoms with E-state index in [-0.39, 0.29) is 0 Å². The topological polar surface area (TPSA) is 29.1 Å². The van der Waals surface area contributed by atoms with Crippen LogP contribution in [0.4, 0.5) is 0 Å². The third kappa shape index (κ3) is 2.51. The van der Waals surface area contributed by atoms with Crippen molar-refractivity contribution in [3.05, 3.63) is 0 Å². The Hall–Kier alpha value is 0.110. The zero-order valence-corrected chi connectivity index (χ0v) is 11.6. The van der Waals surface area contributed by atoms with Crippen molar-refractivity contribution in [3.8, 4) is 0 Å². The number of rotatable bonds is 2. The average Bonchev–Trinajstić information content (AvgIpc) is 2.28. The largest absolute Gasteiger partial charge is 0.309 e. The standard InChI is InChI=1S/C13H25NOS/c1-4-11-8-16(15)13-7-10(9(2)3)5-6-12(13)14-11/h9-14H,4-8H2,1-3H3. The SMILES string of the molecule is CCC1CS(=O)C2CC(C(C)C)CCC2N1. The van der Waals surface area contributed by atoms with E-state index >= 15 is 0 Å². The van der Waals surface area contributed by atoms with Gasteiger partial charge in [-0.15, -0.1) is 0 Å². The first-order valence-electron chi connectivity index (χ1n) is 6.75. The van der Waals surface area contributed by atoms with Crippen LogP contribution in [0.25, 0.3) is 0 Å². The molecule has 0 spiro atoms. The summed E-state index contributed by atoms with van der Waals surface area (Å²) in [6.45, 7) is 6.80. The zero-order chi connectivity index (χ0) is 11.7. The van der Waals surface area contributed by atoms with Gasteiger partial charge in [-0.1, -0.05) is 20.8 Å². The van der Waals surface area contributed by atoms with Crippen molar-refractivity contribution in [2.75, 3.05) is 5.75 Å². The van der Waals surface area contributed by atoms with E-state index in [1.165, 1.54) is 19.3 Å². The molecule has 0 bridgehead atoms. The van der Waals surface area contributed by atoms with Gasteiger partial charge in [0.05, 0.1) is 5.25 Å². The van der Waals surface area contributed by atoms with Crippen LogP contribution in [0.15, 0.2) is 0 Å². The molecule has 0 amide bonds. The van der Waals surface area contributed by atoms with Crippen LogP contribution >= 0.6 is 0 Å². The maximum Gasteiger partial charge on any atom is 0.0504 e. The second kappa shape index (κ2) is 5.18. The van der Waals surface area contributed by atoms with Gasteiger partial charge in [-0.05, 0) is 37.5 Å². The van der Waals surface area contributed by atoms with Crippen molar-refractivity contribution in [3.63, 3.8) is 0 Å². The fraction of sp³-hybridized carbons (Fsp3) is 1.00. The predicted molar refractivity (Wildman–Crippen MR) is 70.0 cm³/mol. The molecule has 16 heavy (non-hydrogen) atoms. The summed E-state index contributed by atoms with van der Waals surface area (Å²) in [4.78, 5) is 0. The maximum atomic E-state index is 12.2. The molecule has 5 atom stereocenters. The van der Waals surface area contributed by atoms with E-state index < -0.39 is 10.8 Å². The molecule has 1 aliphatic heterocycles. The summed E-state index contributed by atoms with van der Waals surface area (Å²) in [5, 5.41) is 4.14. The Morgan fingerprint density at radius 1 is 1.38 bits per heavy atom. The average molecular weight is 243 g/mol. The van der Waals surface area contributed by atoms with Gasteiger partial charge in [0.25, 0.3) is 0 Å². The molecule has 1 saturated carbocycles. The van der Waals surface area contributed by atoms with Crippen molar-refractivity contribution >= 4 is 10.8 Å². The molecule has 0 aromatic heterocycles. The molecular weight excluding hydrogens is 218 g/mol. The van der Waals surface area contributed by atoms with Crippen LogP contribution in [0.2, 0.25) is 0 Å². The molecule has 0 aromatic rings. The third-order valence-electron chi connectivity index (χ3n) is 4.42. The summed E-state index contributed by atoms with van der Waals surface area (Å²) in [5.74, 6) is 2.43. The molecule has 1 aliphatic carbocycles. The lowest BCUT2D eigenvalue weighted by Crippen LogP contribution is -2.57. The van der Waals surface area contributed by atoms with E-state index in [1.54, 1.807) is 0 Å². The molecule has 94 valence electrons. The van der Waals surface area contributed by atoms with E-state index in [0.717, 1.165) is 24.0 Å². The summed E-state index contributed by atoms with van der Waals surface area (Å²) in [6, 6.07) is 1.03. The highest BCUT2D eigenvalue weighted by Crippen LogP contribution is 2.34. The fourth-order valence-electron chi connectivity index (χ4n) is 3.16. The Bertz CT molecular complexity index is 267. The Labute approximate surface area is 102 Å². The summed E-state index contributed by atoms with van der Waals surface area (Å²) in [5.41, 5.74) is 0. The van der Waals surface area contributed by atoms with E-state index in [0.29, 0.717) is 17.3 Å². The lowest BCUT2D eigenvalue weighted by molar-refractivity contribution is 0.228. The minimum absolute atomic E-state index is 0.434. The summed E-state index contributed by atoms with van der Waals surface area (Å²) in [6.07, 6.45) is 4.84. The number of hydrogen-bond acceptors (Lipinski definition) is 2. The van der Waals surface area contributed by atoms with E-state index in [2.05, 4.69) is 26.1 Å². The van der Waals surface area contributed by atoms with Gasteiger partial charge < -0.3 is 5.32 Å². The van der Waals surface area contributed by atoms with Gasteiger partial charge in [-0.25, -0.2) is 0 Å². The number of nitrogens with one attached hydrogen (secondary N) is 1. The first-order chi connectivity index (χ1) is 7.61. The minimum Gasteiger partial charge on any atom is -0.309 e. The third-order valence-corrected chi connectivity index (χ3v) is 6.35. The van der Waals surface area contributed by atoms with Gasteiger partial charge in [-0.3, -0.25) is 4.21 Å². The Morgan fingerprint density at radius 2 is 2.12 bits per heavy atom. The van der Waals surface area contributed by atoms with Gasteiger partial charge >= 0.3 is 0 Å². The lowest BCUT2D eigenvalue weighted by atomic mass is 9.79. The Balaban J connectivity index is 2.01. The lowest BCUT2D eigenvalue weighted by Gasteiger charge is -2.43. The molecule has 1 saturated heterocycles. The van der Waals surface area contributed by atoms with Crippen molar-refractivity contribution in [2.24, 2.45) is 11.8 Å². The molecule has 0 radical (unpaired) electrons. The molecule has 0 aromatic carbocycles. The highest BCUT2D eigenvalue weighted by atomic mass is 32.2. The van der Waals surface area contributed by atoms with Crippen LogP contribution in [0.1, 0.15) is 46.5 Å². The van der Waals surface area contributed by atoms with Gasteiger partial charge in [0.1, 0.15) is 0 Å². The van der Waals surface area contributed by atoms with Gasteiger partial charge in [0.15, 0.2) is 0 Å². The second-order valence-electron chi connectivity index (χ2n) is 5.78. The summed E-state index contributed by atoms with van der Waals surface area (Å²) < 4.78 is 12.2. The normalized spacial score (nSPS) is 44.4. The predicted octanol–water partition coefficient (Wildman–Crippen LogP) is 2.31. The molecule has 2 rings (SSSR count). The maximum absolute atomic E-state index is 12.2. The van der Waals surface area contributed by atoms with Gasteiger partial charge in [-0.2, -0.15) is 0 Å². The van der Waals surface area contributed by atoms with Crippen LogP contribution in [-0.4, -0.2) is 27.3 Å². The number of fused-ring (bicyclic) bond motifs is 1. The molecule has 1 heterocycles. The minimum atomic E-state index is -0.586. The van der Waals surface area contributed by atoms with Gasteiger partial charge in [0, 0.05) is 28.6 Å². The highest BCUT2D eigenvalue weighted by Gasteiger charge is 2.39. The van der Waals surface area contributed by atoms with Crippen LogP contribution in [-0.2, 0) is 10.8 Å². The molecule has 2 fully saturated rings.